The largest absolute Gasteiger partial charge is 0.500 e. The van der Waals surface area contributed by atoms with Gasteiger partial charge in [-0.15, -0.1) is 0 Å². The van der Waals surface area contributed by atoms with Crippen molar-refractivity contribution in [3.05, 3.63) is 0 Å². The molecule has 0 aliphatic carbocycles. The van der Waals surface area contributed by atoms with E-state index >= 15 is 0 Å². The van der Waals surface area contributed by atoms with E-state index in [2.05, 4.69) is 22.7 Å². The molecule has 0 aromatic carbocycles. The molecule has 0 bridgehead atoms. The first-order valence-corrected chi connectivity index (χ1v) is 3.81. The normalized spacial score (nSPS) is 28.2. The van der Waals surface area contributed by atoms with Gasteiger partial charge >= 0.3 is 6.18 Å². The molecule has 0 radical (unpaired) electrons. The molecule has 0 fully saturated rings. The van der Waals surface area contributed by atoms with Gasteiger partial charge in [0.2, 0.25) is 0 Å². The minimum absolute atomic E-state index is 0.439. The van der Waals surface area contributed by atoms with Crippen LogP contribution in [0.15, 0.2) is 5.10 Å². The van der Waals surface area contributed by atoms with Crippen molar-refractivity contribution < 1.29 is 18.3 Å². The smallest absolute Gasteiger partial charge is 0.431 e. The van der Waals surface area contributed by atoms with Crippen LogP contribution in [-0.4, -0.2) is 27.6 Å². The molecule has 1 heterocycles. The molecule has 0 saturated heterocycles. The fourth-order valence-corrected chi connectivity index (χ4v) is 1.01. The highest BCUT2D eigenvalue weighted by atomic mass is 32.1. The van der Waals surface area contributed by atoms with Gasteiger partial charge in [-0.3, -0.25) is 5.43 Å². The molecule has 0 amide bonds. The molecule has 0 aromatic heterocycles. The molecule has 0 aromatic rings. The second-order valence-electron chi connectivity index (χ2n) is 2.98. The highest BCUT2D eigenvalue weighted by Crippen LogP contribution is 2.28. The molecule has 1 aliphatic heterocycles. The van der Waals surface area contributed by atoms with Gasteiger partial charge < -0.3 is 5.11 Å². The molecular formula is C6H7F3N2OS. The van der Waals surface area contributed by atoms with Crippen molar-refractivity contribution >= 4 is 23.0 Å². The number of thiocarbonyl (C=S) groups is 1. The summed E-state index contributed by atoms with van der Waals surface area (Å²) in [6.45, 7) is 1.36. The molecule has 1 aliphatic rings. The zero-order valence-corrected chi connectivity index (χ0v) is 7.46. The lowest BCUT2D eigenvalue weighted by Crippen LogP contribution is -2.43. The number of aliphatic hydroxyl groups is 1. The van der Waals surface area contributed by atoms with E-state index in [0.717, 1.165) is 0 Å². The molecule has 2 N–H and O–H groups in total. The summed E-state index contributed by atoms with van der Waals surface area (Å²) < 4.78 is 36.2. The zero-order valence-electron chi connectivity index (χ0n) is 6.64. The molecule has 1 rings (SSSR count). The van der Waals surface area contributed by atoms with E-state index in [1.54, 1.807) is 0 Å². The van der Waals surface area contributed by atoms with Crippen LogP contribution in [0, 0.1) is 0 Å². The first-order chi connectivity index (χ1) is 5.76. The van der Waals surface area contributed by atoms with Gasteiger partial charge in [0.15, 0.2) is 5.05 Å². The highest BCUT2D eigenvalue weighted by Gasteiger charge is 2.46. The van der Waals surface area contributed by atoms with Crippen molar-refractivity contribution in [2.75, 3.05) is 0 Å². The monoisotopic (exact) mass is 212 g/mol. The van der Waals surface area contributed by atoms with Crippen LogP contribution in [0.3, 0.4) is 0 Å². The molecule has 1 unspecified atom stereocenters. The average molecular weight is 212 g/mol. The van der Waals surface area contributed by atoms with Gasteiger partial charge in [-0.1, -0.05) is 0 Å². The van der Waals surface area contributed by atoms with Crippen LogP contribution >= 0.6 is 12.2 Å². The van der Waals surface area contributed by atoms with Gasteiger partial charge in [-0.05, 0) is 19.1 Å². The van der Waals surface area contributed by atoms with E-state index in [9.17, 15) is 13.2 Å². The van der Waals surface area contributed by atoms with E-state index in [-0.39, 0.29) is 0 Å². The Balaban J connectivity index is 2.77. The van der Waals surface area contributed by atoms with Gasteiger partial charge in [0.05, 0.1) is 0 Å². The summed E-state index contributed by atoms with van der Waals surface area (Å²) in [4.78, 5) is 0. The zero-order chi connectivity index (χ0) is 10.3. The minimum atomic E-state index is -4.46. The van der Waals surface area contributed by atoms with E-state index in [1.165, 1.54) is 6.92 Å². The van der Waals surface area contributed by atoms with Crippen molar-refractivity contribution in [1.82, 2.24) is 5.43 Å². The lowest BCUT2D eigenvalue weighted by atomic mass is 9.98. The SMILES string of the molecule is CC1(C(O)=S)CC(C(F)(F)F)=NN1. The lowest BCUT2D eigenvalue weighted by Gasteiger charge is -2.20. The van der Waals surface area contributed by atoms with Gasteiger partial charge in [0.25, 0.3) is 0 Å². The van der Waals surface area contributed by atoms with Gasteiger partial charge in [0.1, 0.15) is 11.3 Å². The van der Waals surface area contributed by atoms with Gasteiger partial charge in [0, 0.05) is 6.42 Å². The predicted octanol–water partition coefficient (Wildman–Crippen LogP) is 1.54. The van der Waals surface area contributed by atoms with Crippen LogP contribution in [0.4, 0.5) is 13.2 Å². The fraction of sp³-hybridized carbons (Fsp3) is 0.667. The third-order valence-electron chi connectivity index (χ3n) is 1.76. The molecule has 0 saturated carbocycles. The van der Waals surface area contributed by atoms with Crippen molar-refractivity contribution in [3.8, 4) is 0 Å². The maximum atomic E-state index is 12.1. The molecule has 3 nitrogen and oxygen atoms in total. The topological polar surface area (TPSA) is 44.6 Å². The fourth-order valence-electron chi connectivity index (χ4n) is 0.892. The molecular weight excluding hydrogens is 205 g/mol. The van der Waals surface area contributed by atoms with Gasteiger partial charge in [-0.2, -0.15) is 18.3 Å². The summed E-state index contributed by atoms with van der Waals surface area (Å²) in [6, 6.07) is 0. The first kappa shape index (κ1) is 10.2. The lowest BCUT2D eigenvalue weighted by molar-refractivity contribution is -0.0601. The number of nitrogens with one attached hydrogen (secondary N) is 1. The summed E-state index contributed by atoms with van der Waals surface area (Å²) in [6.07, 6.45) is -4.90. The summed E-state index contributed by atoms with van der Waals surface area (Å²) in [7, 11) is 0. The number of nitrogens with zero attached hydrogens (tertiary/aromatic N) is 1. The summed E-state index contributed by atoms with van der Waals surface area (Å²) in [5, 5.41) is 11.5. The van der Waals surface area contributed by atoms with Crippen LogP contribution in [0.1, 0.15) is 13.3 Å². The van der Waals surface area contributed by atoms with Crippen LogP contribution in [0.5, 0.6) is 0 Å². The van der Waals surface area contributed by atoms with E-state index in [4.69, 9.17) is 5.11 Å². The predicted molar refractivity (Wildman–Crippen MR) is 44.9 cm³/mol. The third kappa shape index (κ3) is 1.90. The Morgan fingerprint density at radius 3 is 2.46 bits per heavy atom. The maximum Gasteiger partial charge on any atom is 0.431 e. The van der Waals surface area contributed by atoms with Crippen molar-refractivity contribution in [2.45, 2.75) is 25.1 Å². The minimum Gasteiger partial charge on any atom is -0.500 e. The Bertz CT molecular complexity index is 276. The first-order valence-electron chi connectivity index (χ1n) is 3.40. The number of hydrogen-bond donors (Lipinski definition) is 2. The van der Waals surface area contributed by atoms with Gasteiger partial charge in [-0.25, -0.2) is 0 Å². The number of halogens is 3. The summed E-state index contributed by atoms with van der Waals surface area (Å²) >= 11 is 4.40. The molecule has 13 heavy (non-hydrogen) atoms. The van der Waals surface area contributed by atoms with Crippen LogP contribution in [0.2, 0.25) is 0 Å². The van der Waals surface area contributed by atoms with Crippen LogP contribution in [-0.2, 0) is 0 Å². The number of hydrogen-bond acceptors (Lipinski definition) is 3. The standard InChI is InChI=1S/C6H7F3N2OS/c1-5(4(12)13)2-3(10-11-5)6(7,8)9/h11H,2H2,1H3,(H,12,13). The highest BCUT2D eigenvalue weighted by molar-refractivity contribution is 7.80. The number of alkyl halides is 3. The maximum absolute atomic E-state index is 12.1. The number of rotatable bonds is 1. The molecule has 7 heteroatoms. The molecule has 0 spiro atoms. The second kappa shape index (κ2) is 2.83. The second-order valence-corrected chi connectivity index (χ2v) is 3.37. The number of aliphatic hydroxyl groups excluding tert-OH is 1. The average Bonchev–Trinajstić information content (AvgIpc) is 2.31. The van der Waals surface area contributed by atoms with Crippen LogP contribution < -0.4 is 5.43 Å². The van der Waals surface area contributed by atoms with Crippen molar-refractivity contribution in [3.63, 3.8) is 0 Å². The molecule has 74 valence electrons. The van der Waals surface area contributed by atoms with Crippen molar-refractivity contribution in [2.24, 2.45) is 5.10 Å². The Hall–Kier alpha value is -0.850. The Morgan fingerprint density at radius 1 is 1.69 bits per heavy atom. The van der Waals surface area contributed by atoms with E-state index < -0.39 is 28.9 Å². The Morgan fingerprint density at radius 2 is 2.23 bits per heavy atom. The quantitative estimate of drug-likeness (QED) is 0.648. The van der Waals surface area contributed by atoms with Crippen LogP contribution in [0.25, 0.3) is 0 Å². The number of hydrazone groups is 1. The third-order valence-corrected chi connectivity index (χ3v) is 2.21. The van der Waals surface area contributed by atoms with Crippen molar-refractivity contribution in [1.29, 1.82) is 0 Å². The van der Waals surface area contributed by atoms with E-state index in [1.807, 2.05) is 0 Å². The Kier molecular flexibility index (Phi) is 2.23. The summed E-state index contributed by atoms with van der Waals surface area (Å²) in [5.74, 6) is 0. The Labute approximate surface area is 77.6 Å². The summed E-state index contributed by atoms with van der Waals surface area (Å²) in [5.41, 5.74) is -0.0503. The van der Waals surface area contributed by atoms with E-state index in [0.29, 0.717) is 0 Å². The molecule has 1 atom stereocenters.